The van der Waals surface area contributed by atoms with E-state index >= 15 is 0 Å². The van der Waals surface area contributed by atoms with E-state index in [1.807, 2.05) is 28.8 Å². The number of halogens is 1. The van der Waals surface area contributed by atoms with E-state index < -0.39 is 0 Å². The molecule has 3 aromatic rings. The maximum atomic E-state index is 6.35. The first-order chi connectivity index (χ1) is 11.2. The van der Waals surface area contributed by atoms with Crippen LogP contribution in [0.1, 0.15) is 11.5 Å². The lowest BCUT2D eigenvalue weighted by Crippen LogP contribution is -2.07. The molecule has 0 amide bonds. The van der Waals surface area contributed by atoms with E-state index in [1.165, 1.54) is 0 Å². The summed E-state index contributed by atoms with van der Waals surface area (Å²) in [4.78, 5) is 13.1. The number of hydrogen-bond acceptors (Lipinski definition) is 6. The van der Waals surface area contributed by atoms with Gasteiger partial charge in [0.05, 0.1) is 19.3 Å². The number of anilines is 1. The molecular formula is C15H16ClN5O2. The summed E-state index contributed by atoms with van der Waals surface area (Å²) in [6.07, 6.45) is 1.87. The van der Waals surface area contributed by atoms with Crippen molar-refractivity contribution in [3.05, 3.63) is 47.1 Å². The third kappa shape index (κ3) is 3.35. The number of fused-ring (bicyclic) bond motifs is 1. The summed E-state index contributed by atoms with van der Waals surface area (Å²) in [6.45, 7) is 0.744. The Morgan fingerprint density at radius 2 is 2.09 bits per heavy atom. The second-order valence-electron chi connectivity index (χ2n) is 4.78. The van der Waals surface area contributed by atoms with Crippen LogP contribution in [0.5, 0.6) is 5.88 Å². The van der Waals surface area contributed by atoms with Crippen LogP contribution in [0.3, 0.4) is 0 Å². The van der Waals surface area contributed by atoms with Gasteiger partial charge in [0.2, 0.25) is 5.88 Å². The van der Waals surface area contributed by atoms with Gasteiger partial charge >= 0.3 is 0 Å². The summed E-state index contributed by atoms with van der Waals surface area (Å²) in [5, 5.41) is 3.76. The largest absolute Gasteiger partial charge is 0.481 e. The van der Waals surface area contributed by atoms with Gasteiger partial charge in [0.1, 0.15) is 23.2 Å². The zero-order chi connectivity index (χ0) is 16.2. The smallest absolute Gasteiger partial charge is 0.218 e. The molecule has 0 aromatic carbocycles. The van der Waals surface area contributed by atoms with Gasteiger partial charge < -0.3 is 14.8 Å². The van der Waals surface area contributed by atoms with E-state index in [4.69, 9.17) is 21.1 Å². The van der Waals surface area contributed by atoms with Gasteiger partial charge in [0.25, 0.3) is 0 Å². The fourth-order valence-electron chi connectivity index (χ4n) is 2.16. The summed E-state index contributed by atoms with van der Waals surface area (Å²) in [6, 6.07) is 7.44. The van der Waals surface area contributed by atoms with Gasteiger partial charge in [-0.3, -0.25) is 4.40 Å². The monoisotopic (exact) mass is 333 g/mol. The lowest BCUT2D eigenvalue weighted by Gasteiger charge is -2.08. The number of imidazole rings is 1. The quantitative estimate of drug-likeness (QED) is 0.747. The van der Waals surface area contributed by atoms with Crippen molar-refractivity contribution in [2.45, 2.75) is 13.2 Å². The van der Waals surface area contributed by atoms with Crippen molar-refractivity contribution in [2.24, 2.45) is 0 Å². The molecule has 0 atom stereocenters. The number of pyridine rings is 1. The van der Waals surface area contributed by atoms with Crippen LogP contribution >= 0.6 is 11.6 Å². The summed E-state index contributed by atoms with van der Waals surface area (Å²) >= 11 is 6.35. The molecule has 0 saturated heterocycles. The number of rotatable bonds is 6. The minimum Gasteiger partial charge on any atom is -0.481 e. The van der Waals surface area contributed by atoms with E-state index in [2.05, 4.69) is 20.3 Å². The van der Waals surface area contributed by atoms with E-state index in [0.717, 1.165) is 11.3 Å². The predicted octanol–water partition coefficient (Wildman–Crippen LogP) is 2.54. The molecule has 3 aromatic heterocycles. The number of methoxy groups -OCH3 is 2. The highest BCUT2D eigenvalue weighted by molar-refractivity contribution is 6.30. The molecule has 3 rings (SSSR count). The number of ether oxygens (including phenoxy) is 2. The Hall–Kier alpha value is -2.38. The lowest BCUT2D eigenvalue weighted by molar-refractivity contribution is 0.177. The van der Waals surface area contributed by atoms with Crippen molar-refractivity contribution in [2.75, 3.05) is 19.5 Å². The molecule has 0 aliphatic heterocycles. The highest BCUT2D eigenvalue weighted by atomic mass is 35.5. The average Bonchev–Trinajstić information content (AvgIpc) is 2.89. The number of nitrogens with zero attached hydrogens (tertiary/aromatic N) is 4. The third-order valence-electron chi connectivity index (χ3n) is 3.21. The first-order valence-corrected chi connectivity index (χ1v) is 7.35. The van der Waals surface area contributed by atoms with E-state index in [0.29, 0.717) is 35.8 Å². The maximum absolute atomic E-state index is 6.35. The highest BCUT2D eigenvalue weighted by Gasteiger charge is 2.11. The van der Waals surface area contributed by atoms with Crippen LogP contribution in [-0.2, 0) is 17.9 Å². The van der Waals surface area contributed by atoms with Crippen molar-refractivity contribution in [3.63, 3.8) is 0 Å². The van der Waals surface area contributed by atoms with Gasteiger partial charge in [0, 0.05) is 19.4 Å². The molecular weight excluding hydrogens is 318 g/mol. The zero-order valence-electron chi connectivity index (χ0n) is 12.8. The molecule has 0 aliphatic carbocycles. The maximum Gasteiger partial charge on any atom is 0.218 e. The fraction of sp³-hybridized carbons (Fsp3) is 0.267. The molecule has 120 valence electrons. The van der Waals surface area contributed by atoms with Crippen LogP contribution in [0.4, 0.5) is 5.82 Å². The topological polar surface area (TPSA) is 73.6 Å². The SMILES string of the molecule is COCc1nc(NCc2nc3ccccn3c2Cl)cc(OC)n1. The number of aromatic nitrogens is 4. The van der Waals surface area contributed by atoms with Crippen LogP contribution in [0.15, 0.2) is 30.5 Å². The van der Waals surface area contributed by atoms with Gasteiger partial charge in [-0.15, -0.1) is 0 Å². The Balaban J connectivity index is 1.81. The molecule has 0 spiro atoms. The summed E-state index contributed by atoms with van der Waals surface area (Å²) in [7, 11) is 3.15. The Bertz CT molecular complexity index is 821. The molecule has 1 N–H and O–H groups in total. The Morgan fingerprint density at radius 3 is 2.83 bits per heavy atom. The molecule has 23 heavy (non-hydrogen) atoms. The second-order valence-corrected chi connectivity index (χ2v) is 5.13. The molecule has 3 heterocycles. The molecule has 7 nitrogen and oxygen atoms in total. The van der Waals surface area contributed by atoms with Crippen molar-refractivity contribution < 1.29 is 9.47 Å². The number of nitrogens with one attached hydrogen (secondary N) is 1. The fourth-order valence-corrected chi connectivity index (χ4v) is 2.41. The number of hydrogen-bond donors (Lipinski definition) is 1. The van der Waals surface area contributed by atoms with E-state index in [9.17, 15) is 0 Å². The van der Waals surface area contributed by atoms with Gasteiger partial charge in [-0.25, -0.2) is 9.97 Å². The second kappa shape index (κ2) is 6.80. The minimum atomic E-state index is 0.307. The van der Waals surface area contributed by atoms with Crippen LogP contribution in [0.25, 0.3) is 5.65 Å². The third-order valence-corrected chi connectivity index (χ3v) is 3.61. The first kappa shape index (κ1) is 15.5. The van der Waals surface area contributed by atoms with Crippen molar-refractivity contribution in [1.29, 1.82) is 0 Å². The molecule has 0 unspecified atom stereocenters. The van der Waals surface area contributed by atoms with E-state index in [-0.39, 0.29) is 0 Å². The van der Waals surface area contributed by atoms with Gasteiger partial charge in [-0.2, -0.15) is 4.98 Å². The van der Waals surface area contributed by atoms with Crippen molar-refractivity contribution in [1.82, 2.24) is 19.4 Å². The Kier molecular flexibility index (Phi) is 4.59. The van der Waals surface area contributed by atoms with Crippen LogP contribution < -0.4 is 10.1 Å². The molecule has 0 aliphatic rings. The molecule has 8 heteroatoms. The average molecular weight is 334 g/mol. The molecule has 0 radical (unpaired) electrons. The standard InChI is InChI=1S/C15H16ClN5O2/c1-22-9-12-19-11(7-14(20-12)23-2)17-8-10-15(16)21-6-4-3-5-13(21)18-10/h3-7H,8-9H2,1-2H3,(H,17,19,20). The van der Waals surface area contributed by atoms with Crippen molar-refractivity contribution >= 4 is 23.1 Å². The Labute approximate surface area is 138 Å². The van der Waals surface area contributed by atoms with Crippen LogP contribution in [-0.4, -0.2) is 33.6 Å². The minimum absolute atomic E-state index is 0.307. The highest BCUT2D eigenvalue weighted by Crippen LogP contribution is 2.20. The molecule has 0 bridgehead atoms. The van der Waals surface area contributed by atoms with Crippen LogP contribution in [0, 0.1) is 0 Å². The summed E-state index contributed by atoms with van der Waals surface area (Å²) in [5.74, 6) is 1.63. The van der Waals surface area contributed by atoms with Gasteiger partial charge in [-0.05, 0) is 12.1 Å². The van der Waals surface area contributed by atoms with Crippen LogP contribution in [0.2, 0.25) is 5.15 Å². The Morgan fingerprint density at radius 1 is 1.22 bits per heavy atom. The zero-order valence-corrected chi connectivity index (χ0v) is 13.5. The molecule has 0 saturated carbocycles. The normalized spacial score (nSPS) is 10.9. The molecule has 0 fully saturated rings. The summed E-state index contributed by atoms with van der Waals surface area (Å²) < 4.78 is 12.1. The first-order valence-electron chi connectivity index (χ1n) is 6.97. The predicted molar refractivity (Wildman–Crippen MR) is 86.8 cm³/mol. The van der Waals surface area contributed by atoms with Gasteiger partial charge in [-0.1, -0.05) is 17.7 Å². The van der Waals surface area contributed by atoms with E-state index in [1.54, 1.807) is 20.3 Å². The lowest BCUT2D eigenvalue weighted by atomic mass is 10.4. The van der Waals surface area contributed by atoms with Gasteiger partial charge in [0.15, 0.2) is 5.82 Å². The van der Waals surface area contributed by atoms with Crippen molar-refractivity contribution in [3.8, 4) is 5.88 Å². The summed E-state index contributed by atoms with van der Waals surface area (Å²) in [5.41, 5.74) is 1.54.